The van der Waals surface area contributed by atoms with E-state index in [1.165, 1.54) is 14.2 Å². The predicted octanol–water partition coefficient (Wildman–Crippen LogP) is -1.91. The summed E-state index contributed by atoms with van der Waals surface area (Å²) in [5.41, 5.74) is 0. The number of rotatable bonds is 3. The summed E-state index contributed by atoms with van der Waals surface area (Å²) in [7, 11) is 2.78. The average molecular weight is 208 g/mol. The second-order valence-corrected chi connectivity index (χ2v) is 3.14. The molecule has 84 valence electrons. The molecule has 1 aliphatic heterocycles. The predicted molar refractivity (Wildman–Crippen MR) is 45.6 cm³/mol. The van der Waals surface area contributed by atoms with Crippen LogP contribution in [0.5, 0.6) is 0 Å². The third kappa shape index (κ3) is 2.05. The van der Waals surface area contributed by atoms with Crippen LogP contribution >= 0.6 is 0 Å². The fourth-order valence-electron chi connectivity index (χ4n) is 1.50. The fourth-order valence-corrected chi connectivity index (χ4v) is 1.50. The van der Waals surface area contributed by atoms with E-state index in [9.17, 15) is 10.2 Å². The Bertz CT molecular complexity index is 173. The minimum Gasteiger partial charge on any atom is -0.394 e. The number of hydrogen-bond acceptors (Lipinski definition) is 6. The first-order valence-corrected chi connectivity index (χ1v) is 4.33. The molecule has 1 aliphatic rings. The zero-order valence-electron chi connectivity index (χ0n) is 8.16. The second kappa shape index (κ2) is 5.01. The molecule has 14 heavy (non-hydrogen) atoms. The van der Waals surface area contributed by atoms with Crippen molar-refractivity contribution in [2.45, 2.75) is 30.7 Å². The van der Waals surface area contributed by atoms with Gasteiger partial charge >= 0.3 is 0 Å². The Balaban J connectivity index is 2.71. The largest absolute Gasteiger partial charge is 0.394 e. The molecule has 3 N–H and O–H groups in total. The number of ether oxygens (including phenoxy) is 3. The van der Waals surface area contributed by atoms with Gasteiger partial charge in [-0.3, -0.25) is 0 Å². The van der Waals surface area contributed by atoms with Gasteiger partial charge in [0, 0.05) is 14.2 Å². The van der Waals surface area contributed by atoms with Crippen molar-refractivity contribution >= 4 is 0 Å². The van der Waals surface area contributed by atoms with Crippen LogP contribution in [-0.4, -0.2) is 66.9 Å². The monoisotopic (exact) mass is 208 g/mol. The lowest BCUT2D eigenvalue weighted by Crippen LogP contribution is -2.59. The molecule has 1 saturated heterocycles. The molecule has 6 nitrogen and oxygen atoms in total. The molecule has 0 aromatic rings. The Hall–Kier alpha value is -0.240. The summed E-state index contributed by atoms with van der Waals surface area (Å²) >= 11 is 0. The van der Waals surface area contributed by atoms with Crippen molar-refractivity contribution in [3.05, 3.63) is 0 Å². The van der Waals surface area contributed by atoms with Gasteiger partial charge in [0.25, 0.3) is 0 Å². The van der Waals surface area contributed by atoms with Gasteiger partial charge in [0.05, 0.1) is 6.61 Å². The van der Waals surface area contributed by atoms with Gasteiger partial charge in [0.1, 0.15) is 24.4 Å². The van der Waals surface area contributed by atoms with E-state index >= 15 is 0 Å². The number of aliphatic hydroxyl groups is 3. The van der Waals surface area contributed by atoms with Crippen LogP contribution in [0.4, 0.5) is 0 Å². The van der Waals surface area contributed by atoms with Crippen LogP contribution in [0.3, 0.4) is 0 Å². The molecule has 0 radical (unpaired) electrons. The number of hydrogen-bond donors (Lipinski definition) is 3. The first-order valence-electron chi connectivity index (χ1n) is 4.33. The van der Waals surface area contributed by atoms with Crippen molar-refractivity contribution in [3.63, 3.8) is 0 Å². The molecule has 0 amide bonds. The van der Waals surface area contributed by atoms with Gasteiger partial charge in [-0.05, 0) is 0 Å². The van der Waals surface area contributed by atoms with E-state index in [0.29, 0.717) is 0 Å². The molecule has 1 fully saturated rings. The highest BCUT2D eigenvalue weighted by Crippen LogP contribution is 2.23. The first-order chi connectivity index (χ1) is 6.65. The maximum absolute atomic E-state index is 9.59. The standard InChI is InChI=1S/C8H16O6/c1-12-7-6(11)5(10)4(3-9)14-8(7)13-2/h4-11H,3H2,1-2H3/t4-,5+,6+,7-,8+/m1/s1. The van der Waals surface area contributed by atoms with Crippen LogP contribution in [0, 0.1) is 0 Å². The van der Waals surface area contributed by atoms with Crippen molar-refractivity contribution in [1.29, 1.82) is 0 Å². The normalized spacial score (nSPS) is 43.9. The summed E-state index contributed by atoms with van der Waals surface area (Å²) in [5, 5.41) is 27.9. The minimum absolute atomic E-state index is 0.380. The molecular formula is C8H16O6. The highest BCUT2D eigenvalue weighted by molar-refractivity contribution is 4.89. The lowest BCUT2D eigenvalue weighted by molar-refractivity contribution is -0.299. The summed E-state index contributed by atoms with van der Waals surface area (Å²) in [6.07, 6.45) is -4.68. The molecular weight excluding hydrogens is 192 g/mol. The maximum Gasteiger partial charge on any atom is 0.186 e. The van der Waals surface area contributed by atoms with Crippen LogP contribution in [0.1, 0.15) is 0 Å². The van der Waals surface area contributed by atoms with Gasteiger partial charge in [0.15, 0.2) is 6.29 Å². The minimum atomic E-state index is -1.17. The van der Waals surface area contributed by atoms with Crippen molar-refractivity contribution in [3.8, 4) is 0 Å². The van der Waals surface area contributed by atoms with E-state index in [0.717, 1.165) is 0 Å². The summed E-state index contributed by atoms with van der Waals surface area (Å²) < 4.78 is 15.0. The van der Waals surface area contributed by atoms with Crippen LogP contribution in [0.15, 0.2) is 0 Å². The van der Waals surface area contributed by atoms with Gasteiger partial charge in [0.2, 0.25) is 0 Å². The number of aliphatic hydroxyl groups excluding tert-OH is 3. The summed E-state index contributed by atoms with van der Waals surface area (Å²) in [4.78, 5) is 0. The Labute approximate surface area is 82.0 Å². The smallest absolute Gasteiger partial charge is 0.186 e. The third-order valence-corrected chi connectivity index (χ3v) is 2.33. The van der Waals surface area contributed by atoms with Crippen LogP contribution in [-0.2, 0) is 14.2 Å². The maximum atomic E-state index is 9.59. The molecule has 0 aliphatic carbocycles. The van der Waals surface area contributed by atoms with E-state index in [1.54, 1.807) is 0 Å². The second-order valence-electron chi connectivity index (χ2n) is 3.14. The van der Waals surface area contributed by atoms with Crippen molar-refractivity contribution < 1.29 is 29.5 Å². The van der Waals surface area contributed by atoms with Gasteiger partial charge in [-0.25, -0.2) is 0 Å². The van der Waals surface area contributed by atoms with E-state index in [4.69, 9.17) is 19.3 Å². The average Bonchev–Trinajstić information content (AvgIpc) is 2.21. The molecule has 6 heteroatoms. The third-order valence-electron chi connectivity index (χ3n) is 2.33. The van der Waals surface area contributed by atoms with Gasteiger partial charge in [-0.1, -0.05) is 0 Å². The lowest BCUT2D eigenvalue weighted by atomic mass is 9.99. The highest BCUT2D eigenvalue weighted by Gasteiger charge is 2.44. The summed E-state index contributed by atoms with van der Waals surface area (Å²) in [6.45, 7) is -0.380. The molecule has 0 saturated carbocycles. The summed E-state index contributed by atoms with van der Waals surface area (Å²) in [6, 6.07) is 0. The van der Waals surface area contributed by atoms with E-state index in [-0.39, 0.29) is 6.61 Å². The molecule has 0 unspecified atom stereocenters. The molecule has 1 heterocycles. The molecule has 0 aromatic heterocycles. The zero-order chi connectivity index (χ0) is 10.7. The molecule has 1 rings (SSSR count). The molecule has 5 atom stereocenters. The van der Waals surface area contributed by atoms with Crippen LogP contribution in [0.2, 0.25) is 0 Å². The van der Waals surface area contributed by atoms with Crippen molar-refractivity contribution in [2.24, 2.45) is 0 Å². The highest BCUT2D eigenvalue weighted by atomic mass is 16.7. The Morgan fingerprint density at radius 1 is 1.14 bits per heavy atom. The van der Waals surface area contributed by atoms with E-state index < -0.39 is 30.7 Å². The molecule has 0 bridgehead atoms. The van der Waals surface area contributed by atoms with Gasteiger partial charge in [-0.15, -0.1) is 0 Å². The zero-order valence-corrected chi connectivity index (χ0v) is 8.16. The number of methoxy groups -OCH3 is 2. The van der Waals surface area contributed by atoms with Gasteiger partial charge in [-0.2, -0.15) is 0 Å². The van der Waals surface area contributed by atoms with Crippen LogP contribution in [0.25, 0.3) is 0 Å². The van der Waals surface area contributed by atoms with Crippen LogP contribution < -0.4 is 0 Å². The van der Waals surface area contributed by atoms with E-state index in [1.807, 2.05) is 0 Å². The SMILES string of the molecule is CO[C@H]1O[C@H](CO)[C@H](O)[C@H](O)[C@H]1OC. The Morgan fingerprint density at radius 2 is 1.79 bits per heavy atom. The molecule has 0 spiro atoms. The Morgan fingerprint density at radius 3 is 2.21 bits per heavy atom. The topological polar surface area (TPSA) is 88.4 Å². The lowest BCUT2D eigenvalue weighted by Gasteiger charge is -2.40. The van der Waals surface area contributed by atoms with E-state index in [2.05, 4.69) is 0 Å². The van der Waals surface area contributed by atoms with Gasteiger partial charge < -0.3 is 29.5 Å². The molecule has 0 aromatic carbocycles. The summed E-state index contributed by atoms with van der Waals surface area (Å²) in [5.74, 6) is 0. The van der Waals surface area contributed by atoms with Crippen molar-refractivity contribution in [2.75, 3.05) is 20.8 Å². The quantitative estimate of drug-likeness (QED) is 0.501. The fraction of sp³-hybridized carbons (Fsp3) is 1.00. The van der Waals surface area contributed by atoms with Crippen molar-refractivity contribution in [1.82, 2.24) is 0 Å². The Kier molecular flexibility index (Phi) is 4.24. The first kappa shape index (κ1) is 11.8.